The predicted molar refractivity (Wildman–Crippen MR) is 76.2 cm³/mol. The minimum atomic E-state index is -0.0531. The lowest BCUT2D eigenvalue weighted by atomic mass is 9.82. The topological polar surface area (TPSA) is 46.3 Å². The lowest BCUT2D eigenvalue weighted by Crippen LogP contribution is -2.35. The first-order valence-corrected chi connectivity index (χ1v) is 6.46. The van der Waals surface area contributed by atoms with Gasteiger partial charge in [-0.05, 0) is 24.8 Å². The van der Waals surface area contributed by atoms with Crippen LogP contribution in [0.5, 0.6) is 0 Å². The van der Waals surface area contributed by atoms with Crippen LogP contribution in [0.1, 0.15) is 39.2 Å². The Morgan fingerprint density at radius 1 is 1.29 bits per heavy atom. The van der Waals surface area contributed by atoms with Crippen LogP contribution in [0.4, 0.5) is 5.69 Å². The first kappa shape index (κ1) is 14.3. The Kier molecular flexibility index (Phi) is 4.44. The van der Waals surface area contributed by atoms with Gasteiger partial charge in [-0.15, -0.1) is 0 Å². The van der Waals surface area contributed by atoms with Gasteiger partial charge in [0.05, 0.1) is 10.2 Å². The van der Waals surface area contributed by atoms with Crippen molar-refractivity contribution in [2.75, 3.05) is 25.0 Å². The van der Waals surface area contributed by atoms with Gasteiger partial charge in [-0.25, -0.2) is 0 Å². The maximum Gasteiger partial charge on any atom is 0.220 e. The summed E-state index contributed by atoms with van der Waals surface area (Å²) in [5.74, 6) is 0. The normalized spacial score (nSPS) is 12.1. The van der Waals surface area contributed by atoms with E-state index in [1.165, 1.54) is 0 Å². The van der Waals surface area contributed by atoms with Gasteiger partial charge >= 0.3 is 0 Å². The standard InChI is InChI=1S/C13H22N2OS/c1-13(2,3)9-10(11(16)12(9)17)15(4)8-6-5-7-14/h5-8,14H2,1-4H3. The fraction of sp³-hybridized carbons (Fsp3) is 0.692. The van der Waals surface area contributed by atoms with Crippen LogP contribution in [0.25, 0.3) is 0 Å². The number of unbranched alkanes of at least 4 members (excludes halogenated alkanes) is 1. The third kappa shape index (κ3) is 2.93. The Balaban J connectivity index is 2.88. The number of nitrogens with zero attached hydrogens (tertiary/aromatic N) is 1. The van der Waals surface area contributed by atoms with Crippen molar-refractivity contribution in [2.45, 2.75) is 39.0 Å². The van der Waals surface area contributed by atoms with Gasteiger partial charge in [0.15, 0.2) is 0 Å². The Bertz CT molecular complexity index is 452. The van der Waals surface area contributed by atoms with Crippen LogP contribution in [0, 0.1) is 4.51 Å². The van der Waals surface area contributed by atoms with Crippen molar-refractivity contribution in [2.24, 2.45) is 5.73 Å². The number of hydrogen-bond acceptors (Lipinski definition) is 4. The van der Waals surface area contributed by atoms with Crippen molar-refractivity contribution in [1.29, 1.82) is 0 Å². The number of hydrogen-bond donors (Lipinski definition) is 1. The highest BCUT2D eigenvalue weighted by molar-refractivity contribution is 7.71. The van der Waals surface area contributed by atoms with Gasteiger partial charge in [0, 0.05) is 19.2 Å². The molecule has 2 N–H and O–H groups in total. The van der Waals surface area contributed by atoms with Crippen LogP contribution in [0.15, 0.2) is 4.79 Å². The second-order valence-electron chi connectivity index (χ2n) is 5.55. The van der Waals surface area contributed by atoms with Gasteiger partial charge in [-0.2, -0.15) is 0 Å². The zero-order valence-electron chi connectivity index (χ0n) is 11.2. The maximum atomic E-state index is 11.8. The molecule has 0 unspecified atom stereocenters. The van der Waals surface area contributed by atoms with Crippen molar-refractivity contribution >= 4 is 17.9 Å². The zero-order valence-corrected chi connectivity index (χ0v) is 12.0. The quantitative estimate of drug-likeness (QED) is 0.646. The van der Waals surface area contributed by atoms with Gasteiger partial charge in [-0.3, -0.25) is 4.79 Å². The molecule has 0 aliphatic heterocycles. The molecule has 0 amide bonds. The van der Waals surface area contributed by atoms with E-state index in [0.717, 1.165) is 30.6 Å². The molecule has 0 bridgehead atoms. The fourth-order valence-corrected chi connectivity index (χ4v) is 2.54. The van der Waals surface area contributed by atoms with Gasteiger partial charge in [0.2, 0.25) is 5.43 Å². The summed E-state index contributed by atoms with van der Waals surface area (Å²) in [7, 11) is 1.96. The summed E-state index contributed by atoms with van der Waals surface area (Å²) in [6, 6.07) is 0. The Morgan fingerprint density at radius 3 is 2.35 bits per heavy atom. The monoisotopic (exact) mass is 254 g/mol. The molecule has 1 aromatic rings. The summed E-state index contributed by atoms with van der Waals surface area (Å²) in [6.07, 6.45) is 2.00. The third-order valence-corrected chi connectivity index (χ3v) is 3.35. The molecule has 17 heavy (non-hydrogen) atoms. The molecule has 0 fully saturated rings. The second kappa shape index (κ2) is 5.27. The van der Waals surface area contributed by atoms with E-state index in [0.29, 0.717) is 11.1 Å². The predicted octanol–water partition coefficient (Wildman–Crippen LogP) is 2.12. The highest BCUT2D eigenvalue weighted by Crippen LogP contribution is 2.32. The molecule has 0 aliphatic carbocycles. The minimum Gasteiger partial charge on any atom is -0.371 e. The summed E-state index contributed by atoms with van der Waals surface area (Å²) in [4.78, 5) is 13.8. The molecule has 4 heteroatoms. The largest absolute Gasteiger partial charge is 0.371 e. The van der Waals surface area contributed by atoms with E-state index in [2.05, 4.69) is 20.8 Å². The molecule has 1 aromatic carbocycles. The number of nitrogens with two attached hydrogens (primary N) is 1. The lowest BCUT2D eigenvalue weighted by molar-refractivity contribution is 0.578. The van der Waals surface area contributed by atoms with E-state index in [1.54, 1.807) is 0 Å². The average Bonchev–Trinajstić information content (AvgIpc) is 2.22. The molecular formula is C13H22N2OS. The highest BCUT2D eigenvalue weighted by atomic mass is 32.1. The van der Waals surface area contributed by atoms with Crippen LogP contribution in [-0.4, -0.2) is 20.1 Å². The zero-order chi connectivity index (χ0) is 13.2. The van der Waals surface area contributed by atoms with Crippen molar-refractivity contribution in [3.05, 3.63) is 20.3 Å². The summed E-state index contributed by atoms with van der Waals surface area (Å²) in [6.45, 7) is 7.84. The smallest absolute Gasteiger partial charge is 0.220 e. The van der Waals surface area contributed by atoms with Crippen LogP contribution in [0.2, 0.25) is 0 Å². The Labute approximate surface area is 108 Å². The highest BCUT2D eigenvalue weighted by Gasteiger charge is 2.29. The Hall–Kier alpha value is -0.740. The average molecular weight is 254 g/mol. The molecule has 1 rings (SSSR count). The van der Waals surface area contributed by atoms with Crippen LogP contribution in [0.3, 0.4) is 0 Å². The number of anilines is 1. The van der Waals surface area contributed by atoms with Crippen LogP contribution >= 0.6 is 12.2 Å². The number of rotatable bonds is 5. The van der Waals surface area contributed by atoms with Crippen molar-refractivity contribution < 1.29 is 0 Å². The van der Waals surface area contributed by atoms with Gasteiger partial charge in [0.1, 0.15) is 0 Å². The summed E-state index contributed by atoms with van der Waals surface area (Å²) < 4.78 is 0.512. The summed E-state index contributed by atoms with van der Waals surface area (Å²) in [5.41, 5.74) is 7.28. The molecule has 0 atom stereocenters. The molecule has 0 spiro atoms. The molecule has 0 saturated carbocycles. The molecular weight excluding hydrogens is 232 g/mol. The molecule has 3 nitrogen and oxygen atoms in total. The van der Waals surface area contributed by atoms with E-state index in [-0.39, 0.29) is 10.8 Å². The first-order chi connectivity index (χ1) is 7.80. The first-order valence-electron chi connectivity index (χ1n) is 6.05. The van der Waals surface area contributed by atoms with Gasteiger partial charge < -0.3 is 10.6 Å². The molecule has 0 radical (unpaired) electrons. The van der Waals surface area contributed by atoms with E-state index >= 15 is 0 Å². The van der Waals surface area contributed by atoms with Crippen LogP contribution in [-0.2, 0) is 5.41 Å². The van der Waals surface area contributed by atoms with Gasteiger partial charge in [0.25, 0.3) is 0 Å². The molecule has 96 valence electrons. The molecule has 0 aliphatic rings. The van der Waals surface area contributed by atoms with E-state index in [9.17, 15) is 4.79 Å². The molecule has 0 aromatic heterocycles. The van der Waals surface area contributed by atoms with E-state index < -0.39 is 0 Å². The fourth-order valence-electron chi connectivity index (χ4n) is 2.04. The second-order valence-corrected chi connectivity index (χ2v) is 5.96. The van der Waals surface area contributed by atoms with E-state index in [1.807, 2.05) is 11.9 Å². The maximum absolute atomic E-state index is 11.8. The third-order valence-electron chi connectivity index (χ3n) is 2.96. The van der Waals surface area contributed by atoms with Crippen LogP contribution < -0.4 is 16.1 Å². The summed E-state index contributed by atoms with van der Waals surface area (Å²) >= 11 is 5.15. The molecule has 0 saturated heterocycles. The van der Waals surface area contributed by atoms with Crippen molar-refractivity contribution in [3.8, 4) is 0 Å². The van der Waals surface area contributed by atoms with Gasteiger partial charge in [-0.1, -0.05) is 33.0 Å². The lowest BCUT2D eigenvalue weighted by Gasteiger charge is -2.30. The summed E-state index contributed by atoms with van der Waals surface area (Å²) in [5, 5.41) is 0. The van der Waals surface area contributed by atoms with Crippen molar-refractivity contribution in [3.63, 3.8) is 0 Å². The minimum absolute atomic E-state index is 0.0279. The SMILES string of the molecule is CN(CCCCN)c1c(C(C)(C)C)c(=S)c1=O. The van der Waals surface area contributed by atoms with Crippen molar-refractivity contribution in [1.82, 2.24) is 0 Å². The molecule has 0 heterocycles. The Morgan fingerprint density at radius 2 is 1.88 bits per heavy atom. The van der Waals surface area contributed by atoms with E-state index in [4.69, 9.17) is 18.0 Å².